The monoisotopic (exact) mass is 302 g/mol. The minimum absolute atomic E-state index is 0.170. The van der Waals surface area contributed by atoms with E-state index < -0.39 is 0 Å². The first kappa shape index (κ1) is 14.8. The molecule has 1 saturated heterocycles. The van der Waals surface area contributed by atoms with Gasteiger partial charge in [-0.2, -0.15) is 0 Å². The number of aliphatic hydroxyl groups is 1. The highest BCUT2D eigenvalue weighted by molar-refractivity contribution is 5.51. The van der Waals surface area contributed by atoms with E-state index in [4.69, 9.17) is 4.42 Å². The van der Waals surface area contributed by atoms with Crippen LogP contribution in [0.4, 0.5) is 11.6 Å². The van der Waals surface area contributed by atoms with Gasteiger partial charge in [0.15, 0.2) is 0 Å². The van der Waals surface area contributed by atoms with Crippen LogP contribution in [0.3, 0.4) is 0 Å². The second-order valence-corrected chi connectivity index (χ2v) is 5.76. The van der Waals surface area contributed by atoms with Crippen molar-refractivity contribution in [1.82, 2.24) is 9.97 Å². The predicted octanol–water partition coefficient (Wildman–Crippen LogP) is 1.98. The lowest BCUT2D eigenvalue weighted by atomic mass is 10.2. The zero-order valence-electron chi connectivity index (χ0n) is 13.1. The van der Waals surface area contributed by atoms with E-state index in [2.05, 4.69) is 19.8 Å². The second-order valence-electron chi connectivity index (χ2n) is 5.76. The Hall–Kier alpha value is -2.08. The van der Waals surface area contributed by atoms with Gasteiger partial charge in [-0.15, -0.1) is 0 Å². The molecule has 3 rings (SSSR count). The molecule has 2 aromatic heterocycles. The third-order valence-corrected chi connectivity index (χ3v) is 4.29. The lowest BCUT2D eigenvalue weighted by Gasteiger charge is -2.25. The molecule has 6 nitrogen and oxygen atoms in total. The van der Waals surface area contributed by atoms with Crippen molar-refractivity contribution < 1.29 is 9.52 Å². The number of anilines is 2. The summed E-state index contributed by atoms with van der Waals surface area (Å²) in [6, 6.07) is 4.14. The van der Waals surface area contributed by atoms with Crippen molar-refractivity contribution in [3.8, 4) is 0 Å². The summed E-state index contributed by atoms with van der Waals surface area (Å²) in [5, 5.41) is 9.47. The normalized spacial score (nSPS) is 18.0. The van der Waals surface area contributed by atoms with Crippen LogP contribution in [-0.4, -0.2) is 41.3 Å². The summed E-state index contributed by atoms with van der Waals surface area (Å²) in [4.78, 5) is 13.0. The Morgan fingerprint density at radius 2 is 2.32 bits per heavy atom. The average Bonchev–Trinajstić information content (AvgIpc) is 3.16. The molecule has 118 valence electrons. The number of aromatic nitrogens is 2. The van der Waals surface area contributed by atoms with Crippen LogP contribution in [0.25, 0.3) is 0 Å². The van der Waals surface area contributed by atoms with Gasteiger partial charge in [-0.25, -0.2) is 9.97 Å². The van der Waals surface area contributed by atoms with E-state index in [9.17, 15) is 5.11 Å². The van der Waals surface area contributed by atoms with Crippen LogP contribution in [0.15, 0.2) is 29.1 Å². The molecule has 1 unspecified atom stereocenters. The van der Waals surface area contributed by atoms with Crippen molar-refractivity contribution in [2.75, 3.05) is 30.0 Å². The van der Waals surface area contributed by atoms with Crippen molar-refractivity contribution in [1.29, 1.82) is 0 Å². The number of hydrogen-bond acceptors (Lipinski definition) is 6. The van der Waals surface area contributed by atoms with Crippen LogP contribution < -0.4 is 9.80 Å². The number of aliphatic hydroxyl groups excluding tert-OH is 1. The van der Waals surface area contributed by atoms with E-state index in [0.717, 1.165) is 48.9 Å². The minimum atomic E-state index is 0.170. The molecule has 0 aliphatic carbocycles. The fourth-order valence-electron chi connectivity index (χ4n) is 2.94. The molecule has 3 heterocycles. The maximum atomic E-state index is 9.47. The summed E-state index contributed by atoms with van der Waals surface area (Å²) in [7, 11) is 2.01. The van der Waals surface area contributed by atoms with E-state index in [1.807, 2.05) is 26.1 Å². The van der Waals surface area contributed by atoms with E-state index in [1.54, 1.807) is 12.6 Å². The molecule has 1 atom stereocenters. The zero-order valence-corrected chi connectivity index (χ0v) is 13.1. The Morgan fingerprint density at radius 1 is 1.45 bits per heavy atom. The number of aryl methyl sites for hydroxylation is 1. The van der Waals surface area contributed by atoms with Gasteiger partial charge in [0.2, 0.25) is 0 Å². The molecule has 0 radical (unpaired) electrons. The summed E-state index contributed by atoms with van der Waals surface area (Å²) in [5.41, 5.74) is 1.15. The highest BCUT2D eigenvalue weighted by atomic mass is 16.3. The van der Waals surface area contributed by atoms with Crippen LogP contribution in [0.5, 0.6) is 0 Å². The maximum absolute atomic E-state index is 9.47. The minimum Gasteiger partial charge on any atom is -0.469 e. The Morgan fingerprint density at radius 3 is 3.05 bits per heavy atom. The smallest absolute Gasteiger partial charge is 0.134 e. The Labute approximate surface area is 130 Å². The third-order valence-electron chi connectivity index (χ3n) is 4.29. The lowest BCUT2D eigenvalue weighted by molar-refractivity contribution is 0.266. The molecular weight excluding hydrogens is 280 g/mol. The van der Waals surface area contributed by atoms with Crippen molar-refractivity contribution in [3.05, 3.63) is 36.0 Å². The number of rotatable bonds is 5. The maximum Gasteiger partial charge on any atom is 0.134 e. The Bertz CT molecular complexity index is 628. The lowest BCUT2D eigenvalue weighted by Crippen LogP contribution is -2.33. The molecule has 0 spiro atoms. The zero-order chi connectivity index (χ0) is 15.5. The predicted molar refractivity (Wildman–Crippen MR) is 85.0 cm³/mol. The summed E-state index contributed by atoms with van der Waals surface area (Å²) < 4.78 is 5.34. The number of hydrogen-bond donors (Lipinski definition) is 1. The molecule has 1 aliphatic rings. The molecule has 0 bridgehead atoms. The molecular formula is C16H22N4O2. The quantitative estimate of drug-likeness (QED) is 0.911. The van der Waals surface area contributed by atoms with Gasteiger partial charge in [-0.1, -0.05) is 0 Å². The summed E-state index contributed by atoms with van der Waals surface area (Å²) in [5.74, 6) is 2.69. The van der Waals surface area contributed by atoms with Gasteiger partial charge in [0.05, 0.1) is 18.9 Å². The van der Waals surface area contributed by atoms with Gasteiger partial charge in [0.1, 0.15) is 23.7 Å². The van der Waals surface area contributed by atoms with Gasteiger partial charge >= 0.3 is 0 Å². The molecule has 0 aromatic carbocycles. The molecule has 1 aliphatic heterocycles. The Kier molecular flexibility index (Phi) is 4.29. The largest absolute Gasteiger partial charge is 0.469 e. The molecule has 1 N–H and O–H groups in total. The summed E-state index contributed by atoms with van der Waals surface area (Å²) in [6.07, 6.45) is 5.41. The second kappa shape index (κ2) is 6.36. The van der Waals surface area contributed by atoms with Gasteiger partial charge in [-0.05, 0) is 25.8 Å². The van der Waals surface area contributed by atoms with Crippen LogP contribution in [0.1, 0.15) is 24.2 Å². The molecule has 2 aromatic rings. The van der Waals surface area contributed by atoms with Gasteiger partial charge in [-0.3, -0.25) is 0 Å². The van der Waals surface area contributed by atoms with Crippen LogP contribution in [0.2, 0.25) is 0 Å². The molecule has 0 amide bonds. The standard InChI is InChI=1S/C16H22N4O2/c1-12-13(5-7-22-12)9-19(2)15-8-16(18-11-17-15)20-6-3-4-14(20)10-21/h5,7-8,11,14,21H,3-4,6,9-10H2,1-2H3. The fourth-order valence-corrected chi connectivity index (χ4v) is 2.94. The third kappa shape index (κ3) is 2.92. The summed E-state index contributed by atoms with van der Waals surface area (Å²) in [6.45, 7) is 3.81. The summed E-state index contributed by atoms with van der Waals surface area (Å²) >= 11 is 0. The van der Waals surface area contributed by atoms with Crippen molar-refractivity contribution in [2.45, 2.75) is 32.4 Å². The highest BCUT2D eigenvalue weighted by Gasteiger charge is 2.25. The SMILES string of the molecule is Cc1occc1CN(C)c1cc(N2CCCC2CO)ncn1. The van der Waals surface area contributed by atoms with E-state index in [0.29, 0.717) is 0 Å². The van der Waals surface area contributed by atoms with Gasteiger partial charge in [0, 0.05) is 31.8 Å². The number of nitrogens with zero attached hydrogens (tertiary/aromatic N) is 4. The van der Waals surface area contributed by atoms with Crippen LogP contribution >= 0.6 is 0 Å². The van der Waals surface area contributed by atoms with E-state index >= 15 is 0 Å². The highest BCUT2D eigenvalue weighted by Crippen LogP contribution is 2.26. The fraction of sp³-hybridized carbons (Fsp3) is 0.500. The molecule has 1 fully saturated rings. The molecule has 6 heteroatoms. The number of furan rings is 1. The molecule has 0 saturated carbocycles. The van der Waals surface area contributed by atoms with Crippen molar-refractivity contribution >= 4 is 11.6 Å². The first-order valence-electron chi connectivity index (χ1n) is 7.62. The Balaban J connectivity index is 1.77. The first-order chi connectivity index (χ1) is 10.7. The average molecular weight is 302 g/mol. The topological polar surface area (TPSA) is 65.6 Å². The van der Waals surface area contributed by atoms with Gasteiger partial charge < -0.3 is 19.3 Å². The van der Waals surface area contributed by atoms with Gasteiger partial charge in [0.25, 0.3) is 0 Å². The van der Waals surface area contributed by atoms with Crippen LogP contribution in [0, 0.1) is 6.92 Å². The van der Waals surface area contributed by atoms with Crippen molar-refractivity contribution in [2.24, 2.45) is 0 Å². The molecule has 22 heavy (non-hydrogen) atoms. The van der Waals surface area contributed by atoms with E-state index in [-0.39, 0.29) is 12.6 Å². The van der Waals surface area contributed by atoms with Crippen molar-refractivity contribution in [3.63, 3.8) is 0 Å². The van der Waals surface area contributed by atoms with E-state index in [1.165, 1.54) is 0 Å². The van der Waals surface area contributed by atoms with Crippen LogP contribution in [-0.2, 0) is 6.54 Å². The first-order valence-corrected chi connectivity index (χ1v) is 7.62.